The van der Waals surface area contributed by atoms with E-state index >= 15 is 0 Å². The summed E-state index contributed by atoms with van der Waals surface area (Å²) in [5, 5.41) is 0. The lowest BCUT2D eigenvalue weighted by Gasteiger charge is -2.25. The number of hydrogen-bond donors (Lipinski definition) is 0. The van der Waals surface area contributed by atoms with Gasteiger partial charge in [-0.3, -0.25) is 0 Å². The number of nitrogens with zero attached hydrogens (tertiary/aromatic N) is 1. The second-order valence-electron chi connectivity index (χ2n) is 9.60. The maximum absolute atomic E-state index is 6.05. The largest absolute Gasteiger partial charge is 0.374 e. The average Bonchev–Trinajstić information content (AvgIpc) is 3.29. The van der Waals surface area contributed by atoms with Gasteiger partial charge in [-0.1, -0.05) is 74.2 Å². The molecule has 0 amide bonds. The van der Waals surface area contributed by atoms with Crippen molar-refractivity contribution in [2.24, 2.45) is 5.92 Å². The van der Waals surface area contributed by atoms with Crippen molar-refractivity contribution >= 4 is 0 Å². The SMILES string of the molecule is CN1CCCCC(CCc2ccc(-c3ccc(COC4CCCC4)cc3)cc2)CC1. The van der Waals surface area contributed by atoms with Crippen LogP contribution in [0.1, 0.15) is 68.9 Å². The van der Waals surface area contributed by atoms with Crippen molar-refractivity contribution in [2.45, 2.75) is 76.9 Å². The van der Waals surface area contributed by atoms with E-state index in [1.54, 1.807) is 0 Å². The molecule has 2 fully saturated rings. The van der Waals surface area contributed by atoms with E-state index in [4.69, 9.17) is 4.74 Å². The van der Waals surface area contributed by atoms with Crippen molar-refractivity contribution < 1.29 is 4.74 Å². The smallest absolute Gasteiger partial charge is 0.0720 e. The summed E-state index contributed by atoms with van der Waals surface area (Å²) in [6.07, 6.45) is 13.7. The number of rotatable bonds is 7. The number of benzene rings is 2. The Kier molecular flexibility index (Phi) is 8.00. The van der Waals surface area contributed by atoms with E-state index in [0.29, 0.717) is 6.10 Å². The van der Waals surface area contributed by atoms with Gasteiger partial charge in [-0.15, -0.1) is 0 Å². The standard InChI is InChI=1S/C28H39NO/c1-29-20-5-4-6-23(19-21-29)9-10-24-11-15-26(16-12-24)27-17-13-25(14-18-27)22-30-28-7-2-3-8-28/h11-18,23,28H,2-10,19-22H2,1H3. The van der Waals surface area contributed by atoms with Crippen LogP contribution in [-0.4, -0.2) is 31.1 Å². The van der Waals surface area contributed by atoms with Crippen molar-refractivity contribution in [1.29, 1.82) is 0 Å². The van der Waals surface area contributed by atoms with Crippen LogP contribution in [0.5, 0.6) is 0 Å². The molecule has 1 heterocycles. The molecule has 2 aliphatic rings. The summed E-state index contributed by atoms with van der Waals surface area (Å²) in [4.78, 5) is 2.51. The van der Waals surface area contributed by atoms with Crippen LogP contribution >= 0.6 is 0 Å². The summed E-state index contributed by atoms with van der Waals surface area (Å²) >= 11 is 0. The first kappa shape index (κ1) is 21.6. The Bertz CT molecular complexity index is 745. The molecule has 2 aromatic carbocycles. The highest BCUT2D eigenvalue weighted by molar-refractivity contribution is 5.63. The van der Waals surface area contributed by atoms with Crippen LogP contribution in [0.25, 0.3) is 11.1 Å². The fourth-order valence-electron chi connectivity index (χ4n) is 5.06. The van der Waals surface area contributed by atoms with Gasteiger partial charge in [0.25, 0.3) is 0 Å². The van der Waals surface area contributed by atoms with Gasteiger partial charge in [-0.2, -0.15) is 0 Å². The van der Waals surface area contributed by atoms with E-state index in [1.807, 2.05) is 0 Å². The fourth-order valence-corrected chi connectivity index (χ4v) is 5.06. The normalized spacial score (nSPS) is 21.4. The van der Waals surface area contributed by atoms with E-state index in [0.717, 1.165) is 12.5 Å². The highest BCUT2D eigenvalue weighted by Crippen LogP contribution is 2.25. The van der Waals surface area contributed by atoms with Crippen molar-refractivity contribution in [3.63, 3.8) is 0 Å². The van der Waals surface area contributed by atoms with Gasteiger partial charge in [0.05, 0.1) is 12.7 Å². The predicted molar refractivity (Wildman–Crippen MR) is 127 cm³/mol. The van der Waals surface area contributed by atoms with Crippen molar-refractivity contribution in [3.8, 4) is 11.1 Å². The molecule has 0 N–H and O–H groups in total. The monoisotopic (exact) mass is 405 g/mol. The highest BCUT2D eigenvalue weighted by Gasteiger charge is 2.15. The van der Waals surface area contributed by atoms with Crippen LogP contribution in [0, 0.1) is 5.92 Å². The number of aryl methyl sites for hydroxylation is 1. The number of likely N-dealkylation sites (tertiary alicyclic amines) is 1. The summed E-state index contributed by atoms with van der Waals surface area (Å²) in [7, 11) is 2.27. The van der Waals surface area contributed by atoms with Gasteiger partial charge in [0.15, 0.2) is 0 Å². The lowest BCUT2D eigenvalue weighted by Crippen LogP contribution is -2.25. The maximum atomic E-state index is 6.05. The Morgan fingerprint density at radius 2 is 1.37 bits per heavy atom. The molecule has 0 bridgehead atoms. The summed E-state index contributed by atoms with van der Waals surface area (Å²) in [5.74, 6) is 0.895. The van der Waals surface area contributed by atoms with Gasteiger partial charge in [0, 0.05) is 0 Å². The van der Waals surface area contributed by atoms with E-state index in [2.05, 4.69) is 60.5 Å². The zero-order valence-corrected chi connectivity index (χ0v) is 18.8. The molecule has 1 aliphatic heterocycles. The van der Waals surface area contributed by atoms with Crippen LogP contribution in [0.15, 0.2) is 48.5 Å². The molecule has 1 atom stereocenters. The molecule has 0 radical (unpaired) electrons. The van der Waals surface area contributed by atoms with Crippen molar-refractivity contribution in [2.75, 3.05) is 20.1 Å². The molecule has 0 spiro atoms. The average molecular weight is 406 g/mol. The van der Waals surface area contributed by atoms with E-state index in [9.17, 15) is 0 Å². The first-order chi connectivity index (χ1) is 14.8. The lowest BCUT2D eigenvalue weighted by molar-refractivity contribution is 0.0457. The minimum absolute atomic E-state index is 0.487. The molecule has 4 rings (SSSR count). The molecule has 2 aromatic rings. The molecule has 1 saturated heterocycles. The number of ether oxygens (including phenoxy) is 1. The third-order valence-electron chi connectivity index (χ3n) is 7.19. The molecule has 1 aliphatic carbocycles. The molecule has 2 nitrogen and oxygen atoms in total. The Morgan fingerprint density at radius 1 is 0.733 bits per heavy atom. The minimum Gasteiger partial charge on any atom is -0.374 e. The summed E-state index contributed by atoms with van der Waals surface area (Å²) in [6.45, 7) is 3.30. The Morgan fingerprint density at radius 3 is 2.07 bits per heavy atom. The zero-order chi connectivity index (χ0) is 20.6. The molecule has 30 heavy (non-hydrogen) atoms. The third-order valence-corrected chi connectivity index (χ3v) is 7.19. The molecule has 2 heteroatoms. The van der Waals surface area contributed by atoms with Gasteiger partial charge in [-0.05, 0) is 86.8 Å². The highest BCUT2D eigenvalue weighted by atomic mass is 16.5. The van der Waals surface area contributed by atoms with Gasteiger partial charge < -0.3 is 9.64 Å². The molecule has 0 aromatic heterocycles. The quantitative estimate of drug-likeness (QED) is 0.498. The topological polar surface area (TPSA) is 12.5 Å². The summed E-state index contributed by atoms with van der Waals surface area (Å²) in [6, 6.07) is 18.2. The Hall–Kier alpha value is -1.64. The van der Waals surface area contributed by atoms with Crippen LogP contribution in [0.4, 0.5) is 0 Å². The van der Waals surface area contributed by atoms with E-state index in [1.165, 1.54) is 99.6 Å². The van der Waals surface area contributed by atoms with Crippen LogP contribution in [-0.2, 0) is 17.8 Å². The van der Waals surface area contributed by atoms with Gasteiger partial charge in [-0.25, -0.2) is 0 Å². The van der Waals surface area contributed by atoms with Gasteiger partial charge in [0.2, 0.25) is 0 Å². The molecule has 162 valence electrons. The van der Waals surface area contributed by atoms with E-state index in [-0.39, 0.29) is 0 Å². The fraction of sp³-hybridized carbons (Fsp3) is 0.571. The molecular weight excluding hydrogens is 366 g/mol. The van der Waals surface area contributed by atoms with Crippen molar-refractivity contribution in [3.05, 3.63) is 59.7 Å². The van der Waals surface area contributed by atoms with Crippen LogP contribution in [0.2, 0.25) is 0 Å². The Balaban J connectivity index is 1.26. The predicted octanol–water partition coefficient (Wildman–Crippen LogP) is 6.87. The first-order valence-corrected chi connectivity index (χ1v) is 12.2. The molecule has 1 saturated carbocycles. The minimum atomic E-state index is 0.487. The molecular formula is C28H39NO. The summed E-state index contributed by atoms with van der Waals surface area (Å²) in [5.41, 5.74) is 5.38. The third kappa shape index (κ3) is 6.43. The Labute approximate surface area is 183 Å². The molecule has 1 unspecified atom stereocenters. The first-order valence-electron chi connectivity index (χ1n) is 12.2. The lowest BCUT2D eigenvalue weighted by atomic mass is 9.90. The zero-order valence-electron chi connectivity index (χ0n) is 18.8. The second kappa shape index (κ2) is 11.1. The van der Waals surface area contributed by atoms with E-state index < -0.39 is 0 Å². The van der Waals surface area contributed by atoms with Gasteiger partial charge >= 0.3 is 0 Å². The maximum Gasteiger partial charge on any atom is 0.0720 e. The second-order valence-corrected chi connectivity index (χ2v) is 9.60. The van der Waals surface area contributed by atoms with Crippen molar-refractivity contribution in [1.82, 2.24) is 4.90 Å². The number of hydrogen-bond acceptors (Lipinski definition) is 2. The van der Waals surface area contributed by atoms with Crippen LogP contribution < -0.4 is 0 Å². The summed E-state index contributed by atoms with van der Waals surface area (Å²) < 4.78 is 6.05. The van der Waals surface area contributed by atoms with Gasteiger partial charge in [0.1, 0.15) is 0 Å². The van der Waals surface area contributed by atoms with Crippen LogP contribution in [0.3, 0.4) is 0 Å².